The Kier molecular flexibility index (Phi) is 33.5. The van der Waals surface area contributed by atoms with E-state index >= 15 is 0 Å². The Labute approximate surface area is 805 Å². The number of pyridine rings is 3. The summed E-state index contributed by atoms with van der Waals surface area (Å²) in [6.45, 7) is 39.4. The first kappa shape index (κ1) is 98.2. The van der Waals surface area contributed by atoms with Gasteiger partial charge in [-0.1, -0.05) is 255 Å². The van der Waals surface area contributed by atoms with E-state index in [1.165, 1.54) is 100 Å². The van der Waals surface area contributed by atoms with Crippen LogP contribution in [0.5, 0.6) is 11.5 Å². The van der Waals surface area contributed by atoms with Crippen LogP contribution in [0.3, 0.4) is 0 Å². The maximum atomic E-state index is 9.92. The molecule has 0 radical (unpaired) electrons. The molecule has 6 nitrogen and oxygen atoms in total. The summed E-state index contributed by atoms with van der Waals surface area (Å²) < 4.78 is 11.3. The summed E-state index contributed by atoms with van der Waals surface area (Å²) in [5.41, 5.74) is 35.3. The van der Waals surface area contributed by atoms with Crippen molar-refractivity contribution in [1.29, 1.82) is 0 Å². The average molecular weight is 1890 g/mol. The minimum atomic E-state index is 0. The number of aromatic nitrogens is 3. The first-order chi connectivity index (χ1) is 60.3. The molecule has 0 atom stereocenters. The van der Waals surface area contributed by atoms with Crippen molar-refractivity contribution in [2.24, 2.45) is 0 Å². The molecule has 0 aliphatic rings. The zero-order valence-electron chi connectivity index (χ0n) is 75.2. The van der Waals surface area contributed by atoms with E-state index in [-0.39, 0.29) is 85.2 Å². The van der Waals surface area contributed by atoms with Gasteiger partial charge in [-0.15, -0.1) is 108 Å². The van der Waals surface area contributed by atoms with Gasteiger partial charge in [0.1, 0.15) is 28.8 Å². The molecule has 12 aromatic carbocycles. The van der Waals surface area contributed by atoms with Gasteiger partial charge in [-0.25, -0.2) is 0 Å². The van der Waals surface area contributed by atoms with Crippen molar-refractivity contribution in [3.05, 3.63) is 373 Å². The van der Waals surface area contributed by atoms with E-state index < -0.39 is 0 Å². The number of hydrogen-bond acceptors (Lipinski definition) is 6. The number of hydrogen-bond donors (Lipinski definition) is 1. The molecule has 0 saturated carbocycles. The van der Waals surface area contributed by atoms with Gasteiger partial charge in [-0.3, -0.25) is 4.98 Å². The number of terminal acetylenes is 3. The molecular formula is C122H144IrN3O3. The Balaban J connectivity index is -0.000000277. The molecule has 0 spiro atoms. The second-order valence-electron chi connectivity index (χ2n) is 35.4. The molecule has 674 valence electrons. The molecule has 4 aromatic heterocycles. The molecule has 129 heavy (non-hydrogen) atoms. The van der Waals surface area contributed by atoms with Gasteiger partial charge in [0.25, 0.3) is 0 Å². The molecule has 0 unspecified atom stereocenters. The van der Waals surface area contributed by atoms with Crippen LogP contribution >= 0.6 is 0 Å². The van der Waals surface area contributed by atoms with Gasteiger partial charge in [0.05, 0.1) is 0 Å². The summed E-state index contributed by atoms with van der Waals surface area (Å²) in [5.74, 6) is 19.0. The van der Waals surface area contributed by atoms with Crippen molar-refractivity contribution in [3.63, 3.8) is 0 Å². The predicted octanol–water partition coefficient (Wildman–Crippen LogP) is 34.9. The molecule has 7 heteroatoms. The van der Waals surface area contributed by atoms with Gasteiger partial charge >= 0.3 is 20.1 Å². The molecule has 0 saturated heterocycles. The fourth-order valence-electron chi connectivity index (χ4n) is 14.6. The number of phenols is 1. The van der Waals surface area contributed by atoms with E-state index in [1.807, 2.05) is 117 Å². The van der Waals surface area contributed by atoms with Crippen LogP contribution < -0.4 is 4.74 Å². The van der Waals surface area contributed by atoms with Crippen molar-refractivity contribution < 1.29 is 57.2 Å². The van der Waals surface area contributed by atoms with Crippen LogP contribution in [0, 0.1) is 119 Å². The standard InChI is InChI=1S/C38H38N.C37H36N.C20H12O3.C19H16N.C6H2.2CH4.Ir.16H2/c1-26-11-12-29(25-35(26)36-10-8-9-21-39-36)32-23-30(27-13-17-33(18-14-27)37(2,3)4)22-31(24-32)28-15-19-34(20-16-28)38(5,6)7;1-36(2,3)33-17-13-26(14-18-33)30-23-31(27-15-19-34(20-16-27)37(4,5)6)25-32(24-30)28-10-9-11-29(22-28)35-12-7-8-21-38-35;1-4-5-6-7-8-22-18-12-16-15-11-17(21)13(2)9-19(15)23-20(16)10-14(18)3;1-14-10-15(2)12-18(11-14)16-6-5-7-17(13-16)19-8-3-4-9-20-19;1-3-5-6-4-2;;;;;;;;;;;;;;;;;;;/h8-25H,1H2,2-7H3;7-10,12-25H,1-6H3;1,9-12,21H,2-3H3;3-6,8-13H,1-2H3;1-2H;2*1H4;;16*1H/q2*-1;;-1;;;;+3;;;;;;;;;;;;;;;;. The predicted molar refractivity (Wildman–Crippen MR) is 576 cm³/mol. The van der Waals surface area contributed by atoms with Crippen molar-refractivity contribution in [2.45, 2.75) is 147 Å². The summed E-state index contributed by atoms with van der Waals surface area (Å²) in [4.78, 5) is 13.5. The molecule has 0 aliphatic carbocycles. The van der Waals surface area contributed by atoms with E-state index in [9.17, 15) is 5.11 Å². The zero-order valence-corrected chi connectivity index (χ0v) is 77.6. The first-order valence-corrected chi connectivity index (χ1v) is 42.1. The van der Waals surface area contributed by atoms with Gasteiger partial charge in [0.2, 0.25) is 0 Å². The molecular weight excluding hydrogens is 1750 g/mol. The Bertz CT molecular complexity index is 6780. The summed E-state index contributed by atoms with van der Waals surface area (Å²) in [6, 6.07) is 107. The van der Waals surface area contributed by atoms with Gasteiger partial charge in [0.15, 0.2) is 0 Å². The molecule has 1 N–H and O–H groups in total. The number of aryl methyl sites for hydroxylation is 4. The number of benzene rings is 12. The number of phenolic OH excluding ortho intramolecular Hbond substituents is 1. The Morgan fingerprint density at radius 3 is 1.05 bits per heavy atom. The zero-order chi connectivity index (χ0) is 89.9. The number of ether oxygens (including phenoxy) is 1. The van der Waals surface area contributed by atoms with Crippen LogP contribution in [0.1, 0.15) is 171 Å². The summed E-state index contributed by atoms with van der Waals surface area (Å²) in [6.07, 6.45) is 22.4. The van der Waals surface area contributed by atoms with Gasteiger partial charge in [0, 0.05) is 69.7 Å². The molecule has 16 rings (SSSR count). The third kappa shape index (κ3) is 26.0. The molecule has 0 aliphatic heterocycles. The van der Waals surface area contributed by atoms with Crippen molar-refractivity contribution in [2.75, 3.05) is 0 Å². The smallest absolute Gasteiger partial charge is 0.508 e. The van der Waals surface area contributed by atoms with Crippen LogP contribution in [0.15, 0.2) is 308 Å². The summed E-state index contributed by atoms with van der Waals surface area (Å²) in [7, 11) is 0. The second kappa shape index (κ2) is 44.0. The minimum Gasteiger partial charge on any atom is -0.508 e. The van der Waals surface area contributed by atoms with Crippen LogP contribution in [0.2, 0.25) is 0 Å². The second-order valence-corrected chi connectivity index (χ2v) is 35.4. The van der Waals surface area contributed by atoms with Gasteiger partial charge in [-0.05, 0) is 281 Å². The number of rotatable bonds is 11. The van der Waals surface area contributed by atoms with E-state index in [0.717, 1.165) is 83.5 Å². The molecule has 16 aromatic rings. The molecule has 0 bridgehead atoms. The largest absolute Gasteiger partial charge is 3.00 e. The maximum Gasteiger partial charge on any atom is 3.00 e. The number of furan rings is 1. The van der Waals surface area contributed by atoms with Gasteiger partial charge < -0.3 is 24.2 Å². The van der Waals surface area contributed by atoms with Crippen molar-refractivity contribution in [3.8, 4) is 196 Å². The first-order valence-electron chi connectivity index (χ1n) is 42.1. The molecule has 0 amide bonds. The quantitative estimate of drug-likeness (QED) is 0.103. The van der Waals surface area contributed by atoms with Gasteiger partial charge in [-0.2, -0.15) is 18.6 Å². The normalized spacial score (nSPS) is 10.6. The number of nitrogens with zero attached hydrogens (tertiary/aromatic N) is 3. The average Bonchev–Trinajstić information content (AvgIpc) is 1.65. The molecule has 4 heterocycles. The SMILES string of the molecule is C.C.C#CC#CC#C.C#CC#CC#COc1cc2c(cc1C)oc1cc(C)c(O)cc12.CC(C)(C)c1ccc(-c2cc(-c3ccc(C(C)(C)C)cc3)cc(-c3cc[c-]c(-c4ccccn4)c3)c2)cc1.Cc1cc(C)cc(-c2cc[c-]c(-c3ccccn3)c2)c1.[CH2-]c1ccc(-c2cc(-c3ccc(C(C)(C)C)cc3)cc(-c3ccc(C(C)(C)C)cc3)c2)cc1-c1ccccn1.[HH].[HH].[HH].[HH].[HH].[HH].[HH].[HH].[HH].[HH].[HH].[HH].[HH].[HH].[HH].[HH].[Ir+3]. The number of fused-ring (bicyclic) bond motifs is 3. The van der Waals surface area contributed by atoms with Crippen LogP contribution in [-0.2, 0) is 41.8 Å². The van der Waals surface area contributed by atoms with Crippen molar-refractivity contribution in [1.82, 2.24) is 15.0 Å². The van der Waals surface area contributed by atoms with Crippen LogP contribution in [-0.4, -0.2) is 20.1 Å². The molecule has 0 fully saturated rings. The van der Waals surface area contributed by atoms with Crippen LogP contribution in [0.25, 0.3) is 134 Å². The van der Waals surface area contributed by atoms with E-state index in [1.54, 1.807) is 6.07 Å². The maximum absolute atomic E-state index is 9.92. The number of aromatic hydroxyl groups is 1. The third-order valence-corrected chi connectivity index (χ3v) is 21.7. The fraction of sp³-hybridized carbons (Fsp3) is 0.180. The van der Waals surface area contributed by atoms with E-state index in [4.69, 9.17) is 28.4 Å². The summed E-state index contributed by atoms with van der Waals surface area (Å²) >= 11 is 0. The Hall–Kier alpha value is -14.6. The topological polar surface area (TPSA) is 81.3 Å². The Morgan fingerprint density at radius 2 is 0.682 bits per heavy atom. The van der Waals surface area contributed by atoms with E-state index in [0.29, 0.717) is 5.75 Å². The van der Waals surface area contributed by atoms with Crippen molar-refractivity contribution >= 4 is 21.9 Å². The third-order valence-electron chi connectivity index (χ3n) is 21.7. The minimum absolute atomic E-state index is 0. The van der Waals surface area contributed by atoms with E-state index in [2.05, 4.69) is 379 Å². The fourth-order valence-corrected chi connectivity index (χ4v) is 14.6. The summed E-state index contributed by atoms with van der Waals surface area (Å²) in [5, 5.41) is 11.6. The Morgan fingerprint density at radius 1 is 0.349 bits per heavy atom. The van der Waals surface area contributed by atoms with Crippen LogP contribution in [0.4, 0.5) is 0 Å². The monoisotopic (exact) mass is 1890 g/mol.